The molecule has 0 unspecified atom stereocenters. The quantitative estimate of drug-likeness (QED) is 0.877. The number of benzene rings is 2. The van der Waals surface area contributed by atoms with Crippen LogP contribution in [0.25, 0.3) is 0 Å². The number of methoxy groups -OCH3 is 1. The standard InChI is InChI=1S/C17H21NO2/c1-13(18)10-15-11-16(19-2)8-9-17(15)20-12-14-6-4-3-5-7-14/h3-9,11,13H,10,12,18H2,1-2H3/t13-/m1/s1. The van der Waals surface area contributed by atoms with E-state index in [9.17, 15) is 0 Å². The van der Waals surface area contributed by atoms with Crippen molar-refractivity contribution in [2.45, 2.75) is 26.0 Å². The maximum atomic E-state index is 5.91. The summed E-state index contributed by atoms with van der Waals surface area (Å²) in [5.74, 6) is 1.69. The molecule has 2 aromatic carbocycles. The molecular weight excluding hydrogens is 250 g/mol. The highest BCUT2D eigenvalue weighted by Gasteiger charge is 2.08. The van der Waals surface area contributed by atoms with E-state index in [1.165, 1.54) is 0 Å². The lowest BCUT2D eigenvalue weighted by Gasteiger charge is -2.14. The van der Waals surface area contributed by atoms with Crippen molar-refractivity contribution in [2.75, 3.05) is 7.11 Å². The average molecular weight is 271 g/mol. The summed E-state index contributed by atoms with van der Waals surface area (Å²) in [5.41, 5.74) is 8.12. The molecule has 0 saturated carbocycles. The molecule has 1 atom stereocenters. The van der Waals surface area contributed by atoms with Gasteiger partial charge in [-0.3, -0.25) is 0 Å². The van der Waals surface area contributed by atoms with Crippen LogP contribution >= 0.6 is 0 Å². The molecule has 2 aromatic rings. The van der Waals surface area contributed by atoms with Crippen LogP contribution in [0.2, 0.25) is 0 Å². The van der Waals surface area contributed by atoms with Crippen LogP contribution in [0, 0.1) is 0 Å². The molecule has 2 N–H and O–H groups in total. The van der Waals surface area contributed by atoms with Gasteiger partial charge in [0, 0.05) is 6.04 Å². The highest BCUT2D eigenvalue weighted by molar-refractivity contribution is 5.41. The van der Waals surface area contributed by atoms with Crippen molar-refractivity contribution >= 4 is 0 Å². The van der Waals surface area contributed by atoms with E-state index in [2.05, 4.69) is 12.1 Å². The van der Waals surface area contributed by atoms with Crippen LogP contribution < -0.4 is 15.2 Å². The van der Waals surface area contributed by atoms with Crippen LogP contribution in [0.4, 0.5) is 0 Å². The smallest absolute Gasteiger partial charge is 0.123 e. The Kier molecular flexibility index (Phi) is 5.02. The summed E-state index contributed by atoms with van der Waals surface area (Å²) in [4.78, 5) is 0. The number of rotatable bonds is 6. The first-order valence-electron chi connectivity index (χ1n) is 6.78. The molecule has 0 bridgehead atoms. The zero-order valence-electron chi connectivity index (χ0n) is 12.0. The minimum absolute atomic E-state index is 0.0844. The van der Waals surface area contributed by atoms with Gasteiger partial charge < -0.3 is 15.2 Å². The number of hydrogen-bond donors (Lipinski definition) is 1. The normalized spacial score (nSPS) is 11.9. The van der Waals surface area contributed by atoms with E-state index in [-0.39, 0.29) is 6.04 Å². The molecule has 2 rings (SSSR count). The molecule has 0 heterocycles. The summed E-state index contributed by atoms with van der Waals surface area (Å²) in [6, 6.07) is 16.0. The Hall–Kier alpha value is -2.00. The lowest BCUT2D eigenvalue weighted by molar-refractivity contribution is 0.301. The minimum Gasteiger partial charge on any atom is -0.497 e. The fourth-order valence-corrected chi connectivity index (χ4v) is 2.07. The second-order valence-electron chi connectivity index (χ2n) is 4.93. The maximum absolute atomic E-state index is 5.91. The number of ether oxygens (including phenoxy) is 2. The second kappa shape index (κ2) is 6.96. The third kappa shape index (κ3) is 4.00. The Bertz CT molecular complexity index is 538. The third-order valence-electron chi connectivity index (χ3n) is 3.05. The molecule has 0 spiro atoms. The van der Waals surface area contributed by atoms with Crippen LogP contribution in [0.5, 0.6) is 11.5 Å². The van der Waals surface area contributed by atoms with Crippen LogP contribution in [0.1, 0.15) is 18.1 Å². The molecule has 0 fully saturated rings. The fraction of sp³-hybridized carbons (Fsp3) is 0.294. The average Bonchev–Trinajstić information content (AvgIpc) is 2.46. The van der Waals surface area contributed by atoms with Gasteiger partial charge in [0.2, 0.25) is 0 Å². The van der Waals surface area contributed by atoms with Crippen molar-refractivity contribution in [3.63, 3.8) is 0 Å². The Morgan fingerprint density at radius 1 is 1.10 bits per heavy atom. The summed E-state index contributed by atoms with van der Waals surface area (Å²) in [6.45, 7) is 2.54. The zero-order chi connectivity index (χ0) is 14.4. The van der Waals surface area contributed by atoms with Crippen molar-refractivity contribution in [3.05, 3.63) is 59.7 Å². The lowest BCUT2D eigenvalue weighted by atomic mass is 10.1. The third-order valence-corrected chi connectivity index (χ3v) is 3.05. The first-order valence-corrected chi connectivity index (χ1v) is 6.78. The van der Waals surface area contributed by atoms with Crippen molar-refractivity contribution in [3.8, 4) is 11.5 Å². The maximum Gasteiger partial charge on any atom is 0.123 e. The summed E-state index contributed by atoms with van der Waals surface area (Å²) in [5, 5.41) is 0. The topological polar surface area (TPSA) is 44.5 Å². The van der Waals surface area contributed by atoms with Gasteiger partial charge in [-0.1, -0.05) is 30.3 Å². The van der Waals surface area contributed by atoms with Gasteiger partial charge in [-0.2, -0.15) is 0 Å². The zero-order valence-corrected chi connectivity index (χ0v) is 12.0. The summed E-state index contributed by atoms with van der Waals surface area (Å²) >= 11 is 0. The molecule has 0 aliphatic carbocycles. The van der Waals surface area contributed by atoms with Crippen molar-refractivity contribution in [1.82, 2.24) is 0 Å². The van der Waals surface area contributed by atoms with Gasteiger partial charge >= 0.3 is 0 Å². The van der Waals surface area contributed by atoms with E-state index >= 15 is 0 Å². The second-order valence-corrected chi connectivity index (χ2v) is 4.93. The Labute approximate surface area is 120 Å². The van der Waals surface area contributed by atoms with Crippen LogP contribution in [0.15, 0.2) is 48.5 Å². The molecular formula is C17H21NO2. The molecule has 3 nitrogen and oxygen atoms in total. The predicted molar refractivity (Wildman–Crippen MR) is 81.1 cm³/mol. The summed E-state index contributed by atoms with van der Waals surface area (Å²) in [6.07, 6.45) is 0.765. The van der Waals surface area contributed by atoms with Gasteiger partial charge in [0.05, 0.1) is 7.11 Å². The number of hydrogen-bond acceptors (Lipinski definition) is 3. The fourth-order valence-electron chi connectivity index (χ4n) is 2.07. The van der Waals surface area contributed by atoms with Crippen molar-refractivity contribution in [2.24, 2.45) is 5.73 Å². The first kappa shape index (κ1) is 14.4. The van der Waals surface area contributed by atoms with Gasteiger partial charge in [0.25, 0.3) is 0 Å². The Morgan fingerprint density at radius 3 is 2.50 bits per heavy atom. The van der Waals surface area contributed by atoms with Crippen LogP contribution in [-0.2, 0) is 13.0 Å². The molecule has 0 radical (unpaired) electrons. The monoisotopic (exact) mass is 271 g/mol. The largest absolute Gasteiger partial charge is 0.497 e. The molecule has 0 aromatic heterocycles. The van der Waals surface area contributed by atoms with Gasteiger partial charge in [-0.15, -0.1) is 0 Å². The van der Waals surface area contributed by atoms with Crippen molar-refractivity contribution in [1.29, 1.82) is 0 Å². The van der Waals surface area contributed by atoms with Gasteiger partial charge in [0.1, 0.15) is 18.1 Å². The van der Waals surface area contributed by atoms with E-state index in [1.54, 1.807) is 7.11 Å². The Morgan fingerprint density at radius 2 is 1.85 bits per heavy atom. The summed E-state index contributed by atoms with van der Waals surface area (Å²) in [7, 11) is 1.66. The van der Waals surface area contributed by atoms with E-state index < -0.39 is 0 Å². The van der Waals surface area contributed by atoms with E-state index in [4.69, 9.17) is 15.2 Å². The summed E-state index contributed by atoms with van der Waals surface area (Å²) < 4.78 is 11.2. The van der Waals surface area contributed by atoms with Gasteiger partial charge in [0.15, 0.2) is 0 Å². The lowest BCUT2D eigenvalue weighted by Crippen LogP contribution is -2.18. The number of nitrogens with two attached hydrogens (primary N) is 1. The van der Waals surface area contributed by atoms with Gasteiger partial charge in [-0.05, 0) is 42.7 Å². The molecule has 106 valence electrons. The van der Waals surface area contributed by atoms with E-state index in [0.29, 0.717) is 6.61 Å². The molecule has 0 amide bonds. The highest BCUT2D eigenvalue weighted by atomic mass is 16.5. The predicted octanol–water partition coefficient (Wildman–Crippen LogP) is 3.16. The van der Waals surface area contributed by atoms with E-state index in [1.807, 2.05) is 43.3 Å². The van der Waals surface area contributed by atoms with Gasteiger partial charge in [-0.25, -0.2) is 0 Å². The molecule has 0 aliphatic heterocycles. The first-order chi connectivity index (χ1) is 9.69. The van der Waals surface area contributed by atoms with Crippen LogP contribution in [0.3, 0.4) is 0 Å². The Balaban J connectivity index is 2.13. The molecule has 3 heteroatoms. The van der Waals surface area contributed by atoms with E-state index in [0.717, 1.165) is 29.0 Å². The molecule has 20 heavy (non-hydrogen) atoms. The SMILES string of the molecule is COc1ccc(OCc2ccccc2)c(C[C@@H](C)N)c1. The van der Waals surface area contributed by atoms with Crippen LogP contribution in [-0.4, -0.2) is 13.2 Å². The molecule has 0 aliphatic rings. The molecule has 0 saturated heterocycles. The highest BCUT2D eigenvalue weighted by Crippen LogP contribution is 2.26. The minimum atomic E-state index is 0.0844. The van der Waals surface area contributed by atoms with Crippen molar-refractivity contribution < 1.29 is 9.47 Å².